The number of halogens is 1. The molecule has 0 radical (unpaired) electrons. The summed E-state index contributed by atoms with van der Waals surface area (Å²) in [6.07, 6.45) is 3.26. The van der Waals surface area contributed by atoms with E-state index in [1.165, 1.54) is 0 Å². The molecule has 0 fully saturated rings. The average molecular weight is 454 g/mol. The van der Waals surface area contributed by atoms with E-state index in [1.807, 2.05) is 30.3 Å². The maximum atomic E-state index is 4.65. The first-order chi connectivity index (χ1) is 10.5. The van der Waals surface area contributed by atoms with Gasteiger partial charge in [0.2, 0.25) is 0 Å². The van der Waals surface area contributed by atoms with Crippen molar-refractivity contribution in [3.63, 3.8) is 0 Å². The number of guanidine groups is 1. The molecule has 1 aromatic rings. The number of hydrogen-bond acceptors (Lipinski definition) is 4. The molecule has 0 saturated carbocycles. The normalized spacial score (nSPS) is 12.9. The minimum Gasteiger partial charge on any atom is -0.356 e. The summed E-state index contributed by atoms with van der Waals surface area (Å²) in [4.78, 5) is 4.65. The van der Waals surface area contributed by atoms with Gasteiger partial charge in [-0.1, -0.05) is 13.8 Å². The van der Waals surface area contributed by atoms with E-state index in [9.17, 15) is 0 Å². The molecule has 1 atom stereocenters. The molecule has 0 amide bonds. The number of aryl methyl sites for hydroxylation is 1. The number of aromatic nitrogens is 3. The maximum Gasteiger partial charge on any atom is 0.191 e. The van der Waals surface area contributed by atoms with Crippen LogP contribution in [0.15, 0.2) is 4.99 Å². The van der Waals surface area contributed by atoms with Crippen molar-refractivity contribution in [3.8, 4) is 0 Å². The number of nitrogens with one attached hydrogen (secondary N) is 2. The Morgan fingerprint density at radius 3 is 2.52 bits per heavy atom. The van der Waals surface area contributed by atoms with Crippen LogP contribution in [0, 0.1) is 12.8 Å². The van der Waals surface area contributed by atoms with Gasteiger partial charge in [-0.2, -0.15) is 11.8 Å². The summed E-state index contributed by atoms with van der Waals surface area (Å²) in [5, 5.41) is 15.1. The highest BCUT2D eigenvalue weighted by Crippen LogP contribution is 2.02. The standard InChI is InChI=1S/C15H30N6S.HI/c1-11(2)12(3)18-15(16-8-7-9-22-6)17-10-14-20-19-13(4)21(14)5;/h11-12H,7-10H2,1-6H3,(H2,16,17,18);1H. The van der Waals surface area contributed by atoms with Crippen molar-refractivity contribution >= 4 is 41.7 Å². The Bertz CT molecular complexity index is 475. The van der Waals surface area contributed by atoms with E-state index in [1.54, 1.807) is 0 Å². The number of hydrogen-bond donors (Lipinski definition) is 2. The fourth-order valence-electron chi connectivity index (χ4n) is 1.70. The minimum absolute atomic E-state index is 0. The molecule has 23 heavy (non-hydrogen) atoms. The predicted octanol–water partition coefficient (Wildman–Crippen LogP) is 2.57. The van der Waals surface area contributed by atoms with Crippen molar-refractivity contribution in [1.82, 2.24) is 25.4 Å². The maximum absolute atomic E-state index is 4.65. The van der Waals surface area contributed by atoms with Gasteiger partial charge < -0.3 is 15.2 Å². The Morgan fingerprint density at radius 1 is 1.30 bits per heavy atom. The zero-order valence-corrected chi connectivity index (χ0v) is 18.2. The lowest BCUT2D eigenvalue weighted by Gasteiger charge is -2.21. The predicted molar refractivity (Wildman–Crippen MR) is 111 cm³/mol. The summed E-state index contributed by atoms with van der Waals surface area (Å²) in [5.74, 6) is 4.34. The highest BCUT2D eigenvalue weighted by Gasteiger charge is 2.10. The minimum atomic E-state index is 0. The summed E-state index contributed by atoms with van der Waals surface area (Å²) in [5.41, 5.74) is 0. The van der Waals surface area contributed by atoms with E-state index in [0.29, 0.717) is 18.5 Å². The molecule has 0 bridgehead atoms. The quantitative estimate of drug-likeness (QED) is 0.274. The molecule has 1 rings (SSSR count). The first-order valence-corrected chi connectivity index (χ1v) is 9.23. The third-order valence-corrected chi connectivity index (χ3v) is 4.44. The van der Waals surface area contributed by atoms with Crippen molar-refractivity contribution in [2.75, 3.05) is 18.6 Å². The second-order valence-electron chi connectivity index (χ2n) is 5.84. The van der Waals surface area contributed by atoms with Gasteiger partial charge in [-0.3, -0.25) is 0 Å². The Kier molecular flexibility index (Phi) is 11.7. The molecule has 0 aromatic carbocycles. The van der Waals surface area contributed by atoms with E-state index in [-0.39, 0.29) is 24.0 Å². The van der Waals surface area contributed by atoms with Crippen LogP contribution in [0.2, 0.25) is 0 Å². The topological polar surface area (TPSA) is 67.1 Å². The van der Waals surface area contributed by atoms with Gasteiger partial charge in [-0.15, -0.1) is 34.2 Å². The van der Waals surface area contributed by atoms with Crippen LogP contribution in [-0.4, -0.2) is 45.3 Å². The summed E-state index contributed by atoms with van der Waals surface area (Å²) in [7, 11) is 1.97. The lowest BCUT2D eigenvalue weighted by Crippen LogP contribution is -2.44. The van der Waals surface area contributed by atoms with Crippen molar-refractivity contribution in [2.45, 2.75) is 46.7 Å². The second-order valence-corrected chi connectivity index (χ2v) is 6.82. The molecular weight excluding hydrogens is 423 g/mol. The first kappa shape index (κ1) is 22.5. The van der Waals surface area contributed by atoms with Crippen molar-refractivity contribution in [2.24, 2.45) is 18.0 Å². The number of nitrogens with zero attached hydrogens (tertiary/aromatic N) is 4. The van der Waals surface area contributed by atoms with Crippen LogP contribution >= 0.6 is 35.7 Å². The van der Waals surface area contributed by atoms with E-state index >= 15 is 0 Å². The molecule has 0 saturated heterocycles. The van der Waals surface area contributed by atoms with E-state index in [2.05, 4.69) is 52.9 Å². The lowest BCUT2D eigenvalue weighted by molar-refractivity contribution is 0.480. The molecule has 1 heterocycles. The average Bonchev–Trinajstić information content (AvgIpc) is 2.80. The molecule has 2 N–H and O–H groups in total. The zero-order valence-electron chi connectivity index (χ0n) is 15.1. The van der Waals surface area contributed by atoms with Crippen molar-refractivity contribution in [1.29, 1.82) is 0 Å². The van der Waals surface area contributed by atoms with Crippen LogP contribution in [0.1, 0.15) is 38.8 Å². The van der Waals surface area contributed by atoms with Crippen LogP contribution in [0.3, 0.4) is 0 Å². The number of aliphatic imine (C=N–C) groups is 1. The van der Waals surface area contributed by atoms with E-state index in [0.717, 1.165) is 36.3 Å². The summed E-state index contributed by atoms with van der Waals surface area (Å²) in [6.45, 7) is 9.98. The monoisotopic (exact) mass is 454 g/mol. The van der Waals surface area contributed by atoms with Crippen molar-refractivity contribution in [3.05, 3.63) is 11.6 Å². The largest absolute Gasteiger partial charge is 0.356 e. The van der Waals surface area contributed by atoms with Gasteiger partial charge >= 0.3 is 0 Å². The van der Waals surface area contributed by atoms with Crippen LogP contribution in [0.4, 0.5) is 0 Å². The smallest absolute Gasteiger partial charge is 0.191 e. The Hall–Kier alpha value is -0.510. The fraction of sp³-hybridized carbons (Fsp3) is 0.800. The molecular formula is C15H31IN6S. The van der Waals surface area contributed by atoms with Gasteiger partial charge in [0, 0.05) is 19.6 Å². The fourth-order valence-corrected chi connectivity index (χ4v) is 2.13. The third-order valence-electron chi connectivity index (χ3n) is 3.74. The van der Waals surface area contributed by atoms with Gasteiger partial charge in [0.1, 0.15) is 12.4 Å². The van der Waals surface area contributed by atoms with Gasteiger partial charge in [-0.25, -0.2) is 4.99 Å². The van der Waals surface area contributed by atoms with Crippen LogP contribution in [-0.2, 0) is 13.6 Å². The SMILES string of the molecule is CSCCCNC(=NCc1nnc(C)n1C)NC(C)C(C)C.I. The summed E-state index contributed by atoms with van der Waals surface area (Å²) in [6, 6.07) is 0.369. The highest BCUT2D eigenvalue weighted by atomic mass is 127. The number of thioether (sulfide) groups is 1. The first-order valence-electron chi connectivity index (χ1n) is 7.84. The van der Waals surface area contributed by atoms with E-state index in [4.69, 9.17) is 0 Å². The Balaban J connectivity index is 0.00000484. The van der Waals surface area contributed by atoms with Crippen LogP contribution < -0.4 is 10.6 Å². The number of rotatable bonds is 8. The molecule has 0 aliphatic heterocycles. The summed E-state index contributed by atoms with van der Waals surface area (Å²) < 4.78 is 1.97. The Morgan fingerprint density at radius 2 is 2.00 bits per heavy atom. The van der Waals surface area contributed by atoms with Gasteiger partial charge in [0.25, 0.3) is 0 Å². The second kappa shape index (κ2) is 11.9. The molecule has 1 unspecified atom stereocenters. The van der Waals surface area contributed by atoms with E-state index < -0.39 is 0 Å². The molecule has 0 aliphatic carbocycles. The van der Waals surface area contributed by atoms with Gasteiger partial charge in [0.15, 0.2) is 11.8 Å². The van der Waals surface area contributed by atoms with Crippen molar-refractivity contribution < 1.29 is 0 Å². The van der Waals surface area contributed by atoms with Gasteiger partial charge in [-0.05, 0) is 38.2 Å². The molecule has 134 valence electrons. The molecule has 1 aromatic heterocycles. The zero-order chi connectivity index (χ0) is 16.5. The summed E-state index contributed by atoms with van der Waals surface area (Å²) >= 11 is 1.87. The molecule has 0 spiro atoms. The molecule has 8 heteroatoms. The lowest BCUT2D eigenvalue weighted by atomic mass is 10.1. The third kappa shape index (κ3) is 8.23. The van der Waals surface area contributed by atoms with Crippen LogP contribution in [0.25, 0.3) is 0 Å². The van der Waals surface area contributed by atoms with Gasteiger partial charge in [0.05, 0.1) is 0 Å². The molecule has 0 aliphatic rings. The molecule has 6 nitrogen and oxygen atoms in total. The Labute approximate surface area is 161 Å². The van der Waals surface area contributed by atoms with Crippen LogP contribution in [0.5, 0.6) is 0 Å². The highest BCUT2D eigenvalue weighted by molar-refractivity contribution is 14.0.